The number of nitrogens with one attached hydrogen (secondary N) is 1. The summed E-state index contributed by atoms with van der Waals surface area (Å²) in [6.45, 7) is 0.884. The smallest absolute Gasteiger partial charge is 0.255 e. The molecule has 1 heterocycles. The van der Waals surface area contributed by atoms with E-state index in [1.165, 1.54) is 40.7 Å². The number of hydrogen-bond acceptors (Lipinski definition) is 3. The first-order valence-corrected chi connectivity index (χ1v) is 11.5. The van der Waals surface area contributed by atoms with Crippen LogP contribution in [0.25, 0.3) is 0 Å². The molecule has 1 fully saturated rings. The number of amides is 1. The van der Waals surface area contributed by atoms with Gasteiger partial charge < -0.3 is 5.32 Å². The molecule has 0 spiro atoms. The number of sulfonamides is 1. The Bertz CT molecular complexity index is 993. The zero-order chi connectivity index (χ0) is 20.3. The van der Waals surface area contributed by atoms with Gasteiger partial charge in [-0.1, -0.05) is 24.4 Å². The molecule has 1 N–H and O–H groups in total. The van der Waals surface area contributed by atoms with Gasteiger partial charge in [0.15, 0.2) is 0 Å². The maximum atomic E-state index is 13.2. The minimum absolute atomic E-state index is 0.0729. The van der Waals surface area contributed by atoms with Crippen molar-refractivity contribution in [1.29, 1.82) is 0 Å². The van der Waals surface area contributed by atoms with E-state index in [9.17, 15) is 17.6 Å². The molecule has 1 saturated heterocycles. The Morgan fingerprint density at radius 1 is 1.07 bits per heavy atom. The summed E-state index contributed by atoms with van der Waals surface area (Å²) in [4.78, 5) is 12.5. The lowest BCUT2D eigenvalue weighted by Crippen LogP contribution is -2.32. The minimum Gasteiger partial charge on any atom is -0.321 e. The lowest BCUT2D eigenvalue weighted by Gasteiger charge is -2.21. The van der Waals surface area contributed by atoms with Gasteiger partial charge in [-0.05, 0) is 65.2 Å². The van der Waals surface area contributed by atoms with Crippen LogP contribution >= 0.6 is 27.5 Å². The first-order chi connectivity index (χ1) is 13.3. The highest BCUT2D eigenvalue weighted by atomic mass is 79.9. The van der Waals surface area contributed by atoms with E-state index in [0.717, 1.165) is 25.7 Å². The molecule has 9 heteroatoms. The SMILES string of the molecule is O=C(Nc1ccc(F)cc1Br)c1ccc(Cl)c(S(=O)(=O)N2CCCCCC2)c1. The molecule has 0 unspecified atom stereocenters. The number of halogens is 3. The number of nitrogens with zero attached hydrogens (tertiary/aromatic N) is 1. The third-order valence-electron chi connectivity index (χ3n) is 4.56. The van der Waals surface area contributed by atoms with Crippen LogP contribution < -0.4 is 5.32 Å². The van der Waals surface area contributed by atoms with Crippen molar-refractivity contribution in [1.82, 2.24) is 4.31 Å². The monoisotopic (exact) mass is 488 g/mol. The molecule has 0 aromatic heterocycles. The zero-order valence-electron chi connectivity index (χ0n) is 14.9. The average Bonchev–Trinajstić information content (AvgIpc) is 2.94. The highest BCUT2D eigenvalue weighted by Gasteiger charge is 2.28. The van der Waals surface area contributed by atoms with Gasteiger partial charge in [0, 0.05) is 23.1 Å². The fourth-order valence-corrected chi connectivity index (χ4v) is 5.52. The Morgan fingerprint density at radius 3 is 2.39 bits per heavy atom. The summed E-state index contributed by atoms with van der Waals surface area (Å²) >= 11 is 9.35. The molecule has 2 aromatic rings. The Balaban J connectivity index is 1.89. The number of benzene rings is 2. The summed E-state index contributed by atoms with van der Waals surface area (Å²) in [5.74, 6) is -0.960. The van der Waals surface area contributed by atoms with Gasteiger partial charge in [-0.3, -0.25) is 4.79 Å². The van der Waals surface area contributed by atoms with Gasteiger partial charge in [0.1, 0.15) is 10.7 Å². The average molecular weight is 490 g/mol. The van der Waals surface area contributed by atoms with Crippen molar-refractivity contribution < 1.29 is 17.6 Å². The van der Waals surface area contributed by atoms with Crippen LogP contribution in [0.15, 0.2) is 45.8 Å². The van der Waals surface area contributed by atoms with Gasteiger partial charge in [0.05, 0.1) is 10.7 Å². The number of rotatable bonds is 4. The molecule has 150 valence electrons. The van der Waals surface area contributed by atoms with Gasteiger partial charge in [0.25, 0.3) is 5.91 Å². The van der Waals surface area contributed by atoms with E-state index in [4.69, 9.17) is 11.6 Å². The fraction of sp³-hybridized carbons (Fsp3) is 0.316. The van der Waals surface area contributed by atoms with Crippen LogP contribution in [0.5, 0.6) is 0 Å². The molecule has 0 atom stereocenters. The van der Waals surface area contributed by atoms with Crippen LogP contribution in [0, 0.1) is 5.82 Å². The standard InChI is InChI=1S/C19H19BrClFN2O3S/c20-15-12-14(22)6-8-17(15)23-19(25)13-5-7-16(21)18(11-13)28(26,27)24-9-3-1-2-4-10-24/h5-8,11-12H,1-4,9-10H2,(H,23,25). The Labute approximate surface area is 177 Å². The van der Waals surface area contributed by atoms with Gasteiger partial charge in [-0.15, -0.1) is 0 Å². The van der Waals surface area contributed by atoms with Gasteiger partial charge in [-0.25, -0.2) is 12.8 Å². The molecular weight excluding hydrogens is 471 g/mol. The second kappa shape index (κ2) is 8.90. The van der Waals surface area contributed by atoms with Crippen molar-refractivity contribution >= 4 is 49.1 Å². The topological polar surface area (TPSA) is 66.5 Å². The third kappa shape index (κ3) is 4.74. The molecule has 0 saturated carbocycles. The number of anilines is 1. The molecule has 1 amide bonds. The minimum atomic E-state index is -3.80. The summed E-state index contributed by atoms with van der Waals surface area (Å²) < 4.78 is 41.1. The maximum absolute atomic E-state index is 13.2. The van der Waals surface area contributed by atoms with Gasteiger partial charge >= 0.3 is 0 Å². The van der Waals surface area contributed by atoms with E-state index in [1.807, 2.05) is 0 Å². The van der Waals surface area contributed by atoms with Crippen molar-refractivity contribution in [2.45, 2.75) is 30.6 Å². The van der Waals surface area contributed by atoms with E-state index >= 15 is 0 Å². The van der Waals surface area contributed by atoms with Crippen LogP contribution in [0.2, 0.25) is 5.02 Å². The Kier molecular flexibility index (Phi) is 6.75. The first-order valence-electron chi connectivity index (χ1n) is 8.85. The van der Waals surface area contributed by atoms with Crippen molar-refractivity contribution in [3.05, 3.63) is 57.3 Å². The normalized spacial score (nSPS) is 15.8. The Morgan fingerprint density at radius 2 is 1.75 bits per heavy atom. The third-order valence-corrected chi connectivity index (χ3v) is 7.59. The summed E-state index contributed by atoms with van der Waals surface area (Å²) in [5.41, 5.74) is 0.521. The molecule has 5 nitrogen and oxygen atoms in total. The second-order valence-corrected chi connectivity index (χ2v) is 9.71. The van der Waals surface area contributed by atoms with Crippen molar-refractivity contribution in [2.75, 3.05) is 18.4 Å². The van der Waals surface area contributed by atoms with Crippen LogP contribution in [0.4, 0.5) is 10.1 Å². The van der Waals surface area contributed by atoms with Crippen LogP contribution in [0.1, 0.15) is 36.0 Å². The molecule has 1 aliphatic rings. The number of carbonyl (C=O) groups is 1. The summed E-state index contributed by atoms with van der Waals surface area (Å²) in [6.07, 6.45) is 3.59. The Hall–Kier alpha value is -1.48. The predicted molar refractivity (Wildman–Crippen MR) is 111 cm³/mol. The van der Waals surface area contributed by atoms with E-state index in [2.05, 4.69) is 21.2 Å². The molecule has 3 rings (SSSR count). The fourth-order valence-electron chi connectivity index (χ4n) is 3.05. The molecule has 0 aliphatic carbocycles. The van der Waals surface area contributed by atoms with Gasteiger partial charge in [-0.2, -0.15) is 4.31 Å². The highest BCUT2D eigenvalue weighted by Crippen LogP contribution is 2.29. The van der Waals surface area contributed by atoms with Crippen molar-refractivity contribution in [2.24, 2.45) is 0 Å². The van der Waals surface area contributed by atoms with E-state index in [0.29, 0.717) is 23.2 Å². The number of hydrogen-bond donors (Lipinski definition) is 1. The predicted octanol–water partition coefficient (Wildman–Crippen LogP) is 5.06. The molecule has 0 bridgehead atoms. The maximum Gasteiger partial charge on any atom is 0.255 e. The largest absolute Gasteiger partial charge is 0.321 e. The molecular formula is C19H19BrClFN2O3S. The number of carbonyl (C=O) groups excluding carboxylic acids is 1. The van der Waals surface area contributed by atoms with E-state index in [1.54, 1.807) is 0 Å². The first kappa shape index (κ1) is 21.2. The molecule has 0 radical (unpaired) electrons. The van der Waals surface area contributed by atoms with Crippen LogP contribution in [-0.4, -0.2) is 31.7 Å². The highest BCUT2D eigenvalue weighted by molar-refractivity contribution is 9.10. The van der Waals surface area contributed by atoms with E-state index < -0.39 is 21.7 Å². The zero-order valence-corrected chi connectivity index (χ0v) is 18.1. The van der Waals surface area contributed by atoms with Crippen molar-refractivity contribution in [3.8, 4) is 0 Å². The molecule has 2 aromatic carbocycles. The summed E-state index contributed by atoms with van der Waals surface area (Å²) in [5, 5.41) is 2.71. The van der Waals surface area contributed by atoms with Crippen LogP contribution in [0.3, 0.4) is 0 Å². The summed E-state index contributed by atoms with van der Waals surface area (Å²) in [7, 11) is -3.80. The van der Waals surface area contributed by atoms with Gasteiger partial charge in [0.2, 0.25) is 10.0 Å². The summed E-state index contributed by atoms with van der Waals surface area (Å²) in [6, 6.07) is 8.01. The molecule has 28 heavy (non-hydrogen) atoms. The quantitative estimate of drug-likeness (QED) is 0.653. The lowest BCUT2D eigenvalue weighted by molar-refractivity contribution is 0.102. The molecule has 1 aliphatic heterocycles. The second-order valence-electron chi connectivity index (χ2n) is 6.54. The van der Waals surface area contributed by atoms with Crippen LogP contribution in [-0.2, 0) is 10.0 Å². The van der Waals surface area contributed by atoms with E-state index in [-0.39, 0.29) is 15.5 Å². The van der Waals surface area contributed by atoms with Crippen molar-refractivity contribution in [3.63, 3.8) is 0 Å². The lowest BCUT2D eigenvalue weighted by atomic mass is 10.2.